The minimum absolute atomic E-state index is 0.430. The van der Waals surface area contributed by atoms with Crippen molar-refractivity contribution >= 4 is 34.4 Å². The number of benzene rings is 1. The number of anilines is 2. The highest BCUT2D eigenvalue weighted by atomic mass is 35.5. The third-order valence-electron chi connectivity index (χ3n) is 5.25. The molecule has 0 spiro atoms. The summed E-state index contributed by atoms with van der Waals surface area (Å²) in [6, 6.07) is 15.9. The first kappa shape index (κ1) is 22.0. The highest BCUT2D eigenvalue weighted by Crippen LogP contribution is 2.31. The zero-order valence-electron chi connectivity index (χ0n) is 18.3. The maximum Gasteiger partial charge on any atom is 0.167 e. The lowest BCUT2D eigenvalue weighted by Crippen LogP contribution is -2.36. The van der Waals surface area contributed by atoms with Crippen molar-refractivity contribution in [1.29, 1.82) is 0 Å². The number of nitrogen functional groups attached to an aromatic ring is 1. The van der Waals surface area contributed by atoms with Crippen molar-refractivity contribution in [3.05, 3.63) is 60.3 Å². The van der Waals surface area contributed by atoms with Gasteiger partial charge >= 0.3 is 0 Å². The summed E-state index contributed by atoms with van der Waals surface area (Å²) >= 11 is 5.98. The molecule has 0 atom stereocenters. The van der Waals surface area contributed by atoms with Gasteiger partial charge < -0.3 is 15.4 Å². The quantitative estimate of drug-likeness (QED) is 0.455. The summed E-state index contributed by atoms with van der Waals surface area (Å²) in [6.07, 6.45) is 1.68. The van der Waals surface area contributed by atoms with Crippen LogP contribution in [0.4, 0.5) is 11.6 Å². The summed E-state index contributed by atoms with van der Waals surface area (Å²) in [5.74, 6) is 2.52. The third-order valence-corrected chi connectivity index (χ3v) is 5.56. The first-order valence-corrected chi connectivity index (χ1v) is 11.4. The summed E-state index contributed by atoms with van der Waals surface area (Å²) in [5, 5.41) is 0. The van der Waals surface area contributed by atoms with Crippen molar-refractivity contribution in [3.63, 3.8) is 0 Å². The number of pyridine rings is 2. The molecule has 1 fully saturated rings. The van der Waals surface area contributed by atoms with Gasteiger partial charge in [-0.2, -0.15) is 0 Å². The Morgan fingerprint density at radius 3 is 2.44 bits per heavy atom. The normalized spacial score (nSPS) is 13.7. The smallest absolute Gasteiger partial charge is 0.167 e. The Balaban J connectivity index is 0.00000119. The molecule has 0 aliphatic carbocycles. The SMILES string of the molecule is CC.Nc1ncccc1-c1nc2ccc(N3CCOCC3)nc2n1-c1ccc(CCl)cc1. The van der Waals surface area contributed by atoms with E-state index >= 15 is 0 Å². The minimum atomic E-state index is 0.430. The molecule has 0 saturated carbocycles. The average Bonchev–Trinajstić information content (AvgIpc) is 3.24. The minimum Gasteiger partial charge on any atom is -0.383 e. The van der Waals surface area contributed by atoms with Gasteiger partial charge in [-0.15, -0.1) is 11.6 Å². The second-order valence-corrected chi connectivity index (χ2v) is 7.39. The molecule has 1 aliphatic rings. The summed E-state index contributed by atoms with van der Waals surface area (Å²) in [5.41, 5.74) is 10.5. The van der Waals surface area contributed by atoms with Crippen LogP contribution in [-0.2, 0) is 10.6 Å². The molecule has 5 rings (SSSR count). The summed E-state index contributed by atoms with van der Waals surface area (Å²) < 4.78 is 7.51. The molecule has 4 heterocycles. The van der Waals surface area contributed by atoms with E-state index in [2.05, 4.69) is 9.88 Å². The molecule has 1 aliphatic heterocycles. The van der Waals surface area contributed by atoms with Gasteiger partial charge in [0.15, 0.2) is 11.5 Å². The Morgan fingerprint density at radius 2 is 1.75 bits per heavy atom. The van der Waals surface area contributed by atoms with Gasteiger partial charge in [-0.3, -0.25) is 4.57 Å². The van der Waals surface area contributed by atoms with Gasteiger partial charge in [0.1, 0.15) is 17.2 Å². The predicted octanol–water partition coefficient (Wildman–Crippen LogP) is 4.67. The molecule has 166 valence electrons. The third kappa shape index (κ3) is 4.26. The van der Waals surface area contributed by atoms with E-state index in [9.17, 15) is 0 Å². The number of morpholine rings is 1. The Morgan fingerprint density at radius 1 is 1.00 bits per heavy atom. The Hall–Kier alpha value is -3.16. The molecule has 0 bridgehead atoms. The standard InChI is InChI=1S/C22H21ClN6O.C2H6/c23-14-15-3-5-16(6-4-15)29-21(17-2-1-9-25-20(17)24)26-18-7-8-19(27-22(18)29)28-10-12-30-13-11-28;1-2/h1-9H,10-14H2,(H2,24,25);1-2H3. The number of rotatable bonds is 4. The molecule has 1 aromatic carbocycles. The second kappa shape index (κ2) is 9.97. The number of ether oxygens (including phenoxy) is 1. The Bertz CT molecular complexity index is 1190. The first-order chi connectivity index (χ1) is 15.7. The number of aromatic nitrogens is 4. The van der Waals surface area contributed by atoms with Crippen LogP contribution in [0.5, 0.6) is 0 Å². The molecule has 4 aromatic rings. The fourth-order valence-electron chi connectivity index (χ4n) is 3.68. The molecule has 0 amide bonds. The van der Waals surface area contributed by atoms with Gasteiger partial charge in [-0.1, -0.05) is 26.0 Å². The van der Waals surface area contributed by atoms with E-state index in [1.54, 1.807) is 6.20 Å². The summed E-state index contributed by atoms with van der Waals surface area (Å²) in [4.78, 5) is 16.3. The zero-order valence-corrected chi connectivity index (χ0v) is 19.1. The lowest BCUT2D eigenvalue weighted by atomic mass is 10.2. The van der Waals surface area contributed by atoms with Crippen LogP contribution in [0.15, 0.2) is 54.7 Å². The molecule has 0 radical (unpaired) electrons. The van der Waals surface area contributed by atoms with Crippen LogP contribution < -0.4 is 10.6 Å². The van der Waals surface area contributed by atoms with Crippen LogP contribution >= 0.6 is 11.6 Å². The van der Waals surface area contributed by atoms with Gasteiger partial charge in [-0.05, 0) is 42.0 Å². The molecular weight excluding hydrogens is 424 g/mol. The lowest BCUT2D eigenvalue weighted by Gasteiger charge is -2.27. The van der Waals surface area contributed by atoms with E-state index in [1.807, 2.05) is 66.9 Å². The zero-order chi connectivity index (χ0) is 22.5. The molecule has 1 saturated heterocycles. The molecule has 0 unspecified atom stereocenters. The van der Waals surface area contributed by atoms with Crippen molar-refractivity contribution in [2.45, 2.75) is 19.7 Å². The van der Waals surface area contributed by atoms with Gasteiger partial charge in [0.25, 0.3) is 0 Å². The van der Waals surface area contributed by atoms with E-state index in [4.69, 9.17) is 32.0 Å². The molecular formula is C24H27ClN6O. The molecule has 3 aromatic heterocycles. The number of halogens is 1. The fraction of sp³-hybridized carbons (Fsp3) is 0.292. The Labute approximate surface area is 192 Å². The van der Waals surface area contributed by atoms with Crippen LogP contribution in [0.2, 0.25) is 0 Å². The second-order valence-electron chi connectivity index (χ2n) is 7.12. The predicted molar refractivity (Wildman–Crippen MR) is 130 cm³/mol. The van der Waals surface area contributed by atoms with Crippen molar-refractivity contribution in [2.75, 3.05) is 36.9 Å². The molecule has 32 heavy (non-hydrogen) atoms. The number of hydrogen-bond donors (Lipinski definition) is 1. The maximum absolute atomic E-state index is 6.19. The van der Waals surface area contributed by atoms with Crippen LogP contribution in [0.1, 0.15) is 19.4 Å². The number of alkyl halides is 1. The fourth-order valence-corrected chi connectivity index (χ4v) is 3.86. The van der Waals surface area contributed by atoms with Gasteiger partial charge in [0.05, 0.1) is 18.8 Å². The number of nitrogens with two attached hydrogens (primary N) is 1. The van der Waals surface area contributed by atoms with Crippen LogP contribution in [-0.4, -0.2) is 45.8 Å². The largest absolute Gasteiger partial charge is 0.383 e. The maximum atomic E-state index is 6.19. The van der Waals surface area contributed by atoms with Crippen molar-refractivity contribution in [3.8, 4) is 17.1 Å². The van der Waals surface area contributed by atoms with E-state index in [0.717, 1.165) is 46.9 Å². The van der Waals surface area contributed by atoms with Gasteiger partial charge in [0.2, 0.25) is 0 Å². The highest BCUT2D eigenvalue weighted by Gasteiger charge is 2.20. The van der Waals surface area contributed by atoms with E-state index in [-0.39, 0.29) is 0 Å². The summed E-state index contributed by atoms with van der Waals surface area (Å²) in [6.45, 7) is 7.05. The van der Waals surface area contributed by atoms with Crippen LogP contribution in [0, 0.1) is 0 Å². The van der Waals surface area contributed by atoms with Crippen molar-refractivity contribution in [1.82, 2.24) is 19.5 Å². The van der Waals surface area contributed by atoms with E-state index in [1.165, 1.54) is 0 Å². The van der Waals surface area contributed by atoms with Gasteiger partial charge in [-0.25, -0.2) is 15.0 Å². The number of imidazole rings is 1. The van der Waals surface area contributed by atoms with Crippen LogP contribution in [0.3, 0.4) is 0 Å². The van der Waals surface area contributed by atoms with E-state index < -0.39 is 0 Å². The topological polar surface area (TPSA) is 82.1 Å². The van der Waals surface area contributed by atoms with E-state index in [0.29, 0.717) is 30.7 Å². The number of hydrogen-bond acceptors (Lipinski definition) is 6. The Kier molecular flexibility index (Phi) is 6.87. The molecule has 2 N–H and O–H groups in total. The first-order valence-electron chi connectivity index (χ1n) is 10.8. The van der Waals surface area contributed by atoms with Gasteiger partial charge in [0, 0.05) is 30.9 Å². The van der Waals surface area contributed by atoms with Crippen LogP contribution in [0.25, 0.3) is 28.2 Å². The summed E-state index contributed by atoms with van der Waals surface area (Å²) in [7, 11) is 0. The van der Waals surface area contributed by atoms with Crippen molar-refractivity contribution in [2.24, 2.45) is 0 Å². The lowest BCUT2D eigenvalue weighted by molar-refractivity contribution is 0.122. The number of fused-ring (bicyclic) bond motifs is 1. The monoisotopic (exact) mass is 450 g/mol. The molecule has 7 nitrogen and oxygen atoms in total. The average molecular weight is 451 g/mol. The van der Waals surface area contributed by atoms with Crippen molar-refractivity contribution < 1.29 is 4.74 Å². The molecule has 8 heteroatoms. The number of nitrogens with zero attached hydrogens (tertiary/aromatic N) is 5. The highest BCUT2D eigenvalue weighted by molar-refractivity contribution is 6.17.